The average molecular weight is 399 g/mol. The van der Waals surface area contributed by atoms with E-state index in [1.165, 1.54) is 21.1 Å². The number of aromatic nitrogens is 1. The Morgan fingerprint density at radius 3 is 2.64 bits per heavy atom. The molecule has 0 N–H and O–H groups in total. The zero-order valence-corrected chi connectivity index (χ0v) is 16.8. The van der Waals surface area contributed by atoms with Crippen LogP contribution in [0.5, 0.6) is 0 Å². The van der Waals surface area contributed by atoms with Crippen molar-refractivity contribution in [2.75, 3.05) is 18.5 Å². The van der Waals surface area contributed by atoms with E-state index in [1.807, 2.05) is 19.9 Å². The summed E-state index contributed by atoms with van der Waals surface area (Å²) in [4.78, 5) is 45.7. The number of amides is 2. The highest BCUT2D eigenvalue weighted by Gasteiger charge is 2.43. The number of ketones is 1. The van der Waals surface area contributed by atoms with Crippen LogP contribution in [0.3, 0.4) is 0 Å². The number of anilines is 1. The first kappa shape index (κ1) is 18.6. The molecule has 1 saturated heterocycles. The van der Waals surface area contributed by atoms with Gasteiger partial charge in [0.2, 0.25) is 6.23 Å². The van der Waals surface area contributed by atoms with E-state index in [0.29, 0.717) is 28.4 Å². The molecule has 1 aromatic heterocycles. The second-order valence-electron chi connectivity index (χ2n) is 7.97. The third kappa shape index (κ3) is 3.28. The predicted octanol–water partition coefficient (Wildman–Crippen LogP) is 3.35. The van der Waals surface area contributed by atoms with Gasteiger partial charge in [0.1, 0.15) is 0 Å². The summed E-state index contributed by atoms with van der Waals surface area (Å²) < 4.78 is 5.61. The summed E-state index contributed by atoms with van der Waals surface area (Å²) in [6.45, 7) is 4.30. The van der Waals surface area contributed by atoms with E-state index >= 15 is 0 Å². The van der Waals surface area contributed by atoms with Crippen molar-refractivity contribution in [3.8, 4) is 0 Å². The van der Waals surface area contributed by atoms with Gasteiger partial charge in [0.15, 0.2) is 10.9 Å². The Hall–Kier alpha value is -2.74. The van der Waals surface area contributed by atoms with Crippen LogP contribution in [0, 0.1) is 5.41 Å². The number of hydrogen-bond acceptors (Lipinski definition) is 6. The number of esters is 1. The van der Waals surface area contributed by atoms with Crippen molar-refractivity contribution in [1.29, 1.82) is 0 Å². The van der Waals surface area contributed by atoms with Crippen molar-refractivity contribution >= 4 is 34.3 Å². The van der Waals surface area contributed by atoms with Gasteiger partial charge in [0.25, 0.3) is 0 Å². The smallest absolute Gasteiger partial charge is 0.340 e. The normalized spacial score (nSPS) is 21.0. The highest BCUT2D eigenvalue weighted by atomic mass is 32.1. The van der Waals surface area contributed by atoms with Crippen molar-refractivity contribution in [2.45, 2.75) is 32.9 Å². The van der Waals surface area contributed by atoms with E-state index in [0.717, 1.165) is 5.69 Å². The second-order valence-corrected chi connectivity index (χ2v) is 8.95. The Morgan fingerprint density at radius 1 is 1.21 bits per heavy atom. The number of rotatable bonds is 3. The lowest BCUT2D eigenvalue weighted by molar-refractivity contribution is 0.0331. The molecule has 1 atom stereocenters. The third-order valence-electron chi connectivity index (χ3n) is 4.93. The molecule has 1 unspecified atom stereocenters. The number of Topliss-reactive ketones (excluding diaryl/α,β-unsaturated/α-hetero) is 1. The summed E-state index contributed by atoms with van der Waals surface area (Å²) >= 11 is 1.20. The van der Waals surface area contributed by atoms with Gasteiger partial charge in [-0.25, -0.2) is 19.5 Å². The standard InChI is InChI=1S/C20H21N3O4S/c1-20(2)9-13-16(14(24)10-20)28-18(21-13)23-15(11-22(3)19(23)26)27-17(25)12-7-5-4-6-8-12/h4-8,15H,9-11H2,1-3H3. The van der Waals surface area contributed by atoms with E-state index in [-0.39, 0.29) is 23.8 Å². The SMILES string of the molecule is CN1CC(OC(=O)c2ccccc2)N(c2nc3c(s2)C(=O)CC(C)(C)C3)C1=O. The Morgan fingerprint density at radius 2 is 1.93 bits per heavy atom. The third-order valence-corrected chi connectivity index (χ3v) is 6.07. The average Bonchev–Trinajstić information content (AvgIpc) is 3.15. The van der Waals surface area contributed by atoms with Gasteiger partial charge in [-0.3, -0.25) is 4.79 Å². The van der Waals surface area contributed by atoms with Crippen LogP contribution in [-0.4, -0.2) is 47.5 Å². The molecule has 7 nitrogen and oxygen atoms in total. The molecule has 2 heterocycles. The first-order valence-corrected chi connectivity index (χ1v) is 9.90. The predicted molar refractivity (Wildman–Crippen MR) is 105 cm³/mol. The molecule has 8 heteroatoms. The Labute approximate surface area is 166 Å². The molecule has 4 rings (SSSR count). The monoisotopic (exact) mass is 399 g/mol. The molecule has 146 valence electrons. The van der Waals surface area contributed by atoms with Crippen molar-refractivity contribution in [3.05, 3.63) is 46.5 Å². The van der Waals surface area contributed by atoms with Crippen LogP contribution < -0.4 is 4.90 Å². The summed E-state index contributed by atoms with van der Waals surface area (Å²) in [7, 11) is 1.65. The van der Waals surface area contributed by atoms with Crippen molar-refractivity contribution in [3.63, 3.8) is 0 Å². The van der Waals surface area contributed by atoms with Crippen molar-refractivity contribution in [1.82, 2.24) is 9.88 Å². The van der Waals surface area contributed by atoms with E-state index in [9.17, 15) is 14.4 Å². The van der Waals surface area contributed by atoms with Gasteiger partial charge in [0.05, 0.1) is 22.7 Å². The fraction of sp³-hybridized carbons (Fsp3) is 0.400. The molecule has 0 radical (unpaired) electrons. The van der Waals surface area contributed by atoms with Crippen molar-refractivity contribution < 1.29 is 19.1 Å². The number of ether oxygens (including phenoxy) is 1. The molecule has 28 heavy (non-hydrogen) atoms. The molecule has 2 aromatic rings. The fourth-order valence-corrected chi connectivity index (χ4v) is 4.63. The lowest BCUT2D eigenvalue weighted by Gasteiger charge is -2.26. The highest BCUT2D eigenvalue weighted by Crippen LogP contribution is 2.40. The molecule has 1 aromatic carbocycles. The number of thiazole rings is 1. The zero-order valence-electron chi connectivity index (χ0n) is 16.0. The number of carbonyl (C=O) groups excluding carboxylic acids is 3. The second kappa shape index (κ2) is 6.70. The topological polar surface area (TPSA) is 79.8 Å². The number of urea groups is 1. The zero-order chi connectivity index (χ0) is 20.1. The first-order chi connectivity index (χ1) is 13.2. The summed E-state index contributed by atoms with van der Waals surface area (Å²) in [5.41, 5.74) is 0.983. The lowest BCUT2D eigenvalue weighted by Crippen LogP contribution is -2.37. The number of likely N-dealkylation sites (N-methyl/N-ethyl adjacent to an activating group) is 1. The maximum Gasteiger partial charge on any atom is 0.340 e. The molecule has 0 spiro atoms. The summed E-state index contributed by atoms with van der Waals surface area (Å²) in [5, 5.41) is 0.399. The highest BCUT2D eigenvalue weighted by molar-refractivity contribution is 7.17. The Balaban J connectivity index is 1.63. The Bertz CT molecular complexity index is 954. The lowest BCUT2D eigenvalue weighted by atomic mass is 9.78. The van der Waals surface area contributed by atoms with Crippen LogP contribution in [0.15, 0.2) is 30.3 Å². The van der Waals surface area contributed by atoms with Gasteiger partial charge >= 0.3 is 12.0 Å². The minimum atomic E-state index is -0.791. The fourth-order valence-electron chi connectivity index (χ4n) is 3.57. The Kier molecular flexibility index (Phi) is 4.45. The van der Waals surface area contributed by atoms with Gasteiger partial charge in [-0.15, -0.1) is 0 Å². The molecule has 1 aliphatic heterocycles. The molecule has 2 amide bonds. The minimum absolute atomic E-state index is 0.0489. The van der Waals surface area contributed by atoms with E-state index in [1.54, 1.807) is 31.3 Å². The van der Waals surface area contributed by atoms with E-state index < -0.39 is 12.2 Å². The molecule has 0 saturated carbocycles. The van der Waals surface area contributed by atoms with Crippen LogP contribution in [0.2, 0.25) is 0 Å². The van der Waals surface area contributed by atoms with Gasteiger partial charge < -0.3 is 9.64 Å². The number of fused-ring (bicyclic) bond motifs is 1. The number of carbonyl (C=O) groups is 3. The largest absolute Gasteiger partial charge is 0.435 e. The number of hydrogen-bond donors (Lipinski definition) is 0. The van der Waals surface area contributed by atoms with Crippen LogP contribution in [0.4, 0.5) is 9.93 Å². The number of benzene rings is 1. The van der Waals surface area contributed by atoms with Gasteiger partial charge in [-0.2, -0.15) is 0 Å². The van der Waals surface area contributed by atoms with E-state index in [2.05, 4.69) is 4.98 Å². The van der Waals surface area contributed by atoms with Crippen LogP contribution >= 0.6 is 11.3 Å². The van der Waals surface area contributed by atoms with E-state index in [4.69, 9.17) is 4.74 Å². The molecule has 2 aliphatic rings. The van der Waals surface area contributed by atoms with Gasteiger partial charge in [0, 0.05) is 13.5 Å². The number of nitrogens with zero attached hydrogens (tertiary/aromatic N) is 3. The van der Waals surface area contributed by atoms with Crippen LogP contribution in [0.25, 0.3) is 0 Å². The maximum absolute atomic E-state index is 12.7. The van der Waals surface area contributed by atoms with Crippen LogP contribution in [-0.2, 0) is 11.2 Å². The summed E-state index contributed by atoms with van der Waals surface area (Å²) in [6, 6.07) is 8.34. The van der Waals surface area contributed by atoms with Gasteiger partial charge in [-0.05, 0) is 24.0 Å². The van der Waals surface area contributed by atoms with Gasteiger partial charge in [-0.1, -0.05) is 43.4 Å². The minimum Gasteiger partial charge on any atom is -0.435 e. The van der Waals surface area contributed by atoms with Crippen molar-refractivity contribution in [2.24, 2.45) is 5.41 Å². The first-order valence-electron chi connectivity index (χ1n) is 9.08. The molecule has 1 fully saturated rings. The molecule has 0 bridgehead atoms. The summed E-state index contributed by atoms with van der Waals surface area (Å²) in [5.74, 6) is -0.454. The molecular formula is C20H21N3O4S. The molecule has 1 aliphatic carbocycles. The summed E-state index contributed by atoms with van der Waals surface area (Å²) in [6.07, 6.45) is 0.347. The van der Waals surface area contributed by atoms with Crippen LogP contribution in [0.1, 0.15) is 46.0 Å². The molecular weight excluding hydrogens is 378 g/mol. The maximum atomic E-state index is 12.7. The quantitative estimate of drug-likeness (QED) is 0.740.